The van der Waals surface area contributed by atoms with Crippen molar-refractivity contribution in [3.63, 3.8) is 0 Å². The molecule has 0 amide bonds. The zero-order valence-electron chi connectivity index (χ0n) is 15.4. The molecule has 1 N–H and O–H groups in total. The number of aromatic nitrogens is 2. The molecule has 6 nitrogen and oxygen atoms in total. The Bertz CT molecular complexity index is 728. The predicted octanol–water partition coefficient (Wildman–Crippen LogP) is 2.66. The van der Waals surface area contributed by atoms with Gasteiger partial charge in [0.2, 0.25) is 0 Å². The lowest BCUT2D eigenvalue weighted by molar-refractivity contribution is -0.00803. The highest BCUT2D eigenvalue weighted by atomic mass is 35.5. The Hall–Kier alpha value is -2.05. The highest BCUT2D eigenvalue weighted by molar-refractivity contribution is 6.30. The molecule has 2 heterocycles. The average molecular weight is 376 g/mol. The Labute approximate surface area is 159 Å². The van der Waals surface area contributed by atoms with E-state index >= 15 is 0 Å². The predicted molar refractivity (Wildman–Crippen MR) is 105 cm³/mol. The summed E-state index contributed by atoms with van der Waals surface area (Å²) >= 11 is 5.94. The number of nitrogens with zero attached hydrogens (tertiary/aromatic N) is 4. The van der Waals surface area contributed by atoms with Crippen LogP contribution in [0.5, 0.6) is 0 Å². The van der Waals surface area contributed by atoms with Crippen LogP contribution >= 0.6 is 11.6 Å². The summed E-state index contributed by atoms with van der Waals surface area (Å²) in [7, 11) is 1.92. The first-order valence-electron chi connectivity index (χ1n) is 9.03. The molecule has 7 heteroatoms. The van der Waals surface area contributed by atoms with Gasteiger partial charge < -0.3 is 15.0 Å². The molecule has 3 rings (SSSR count). The Morgan fingerprint density at radius 3 is 2.88 bits per heavy atom. The van der Waals surface area contributed by atoms with Crippen LogP contribution in [0.15, 0.2) is 41.7 Å². The molecule has 1 aliphatic rings. The second-order valence-electron chi connectivity index (χ2n) is 6.36. The fraction of sp³-hybridized carbons (Fsp3) is 0.474. The minimum Gasteiger partial charge on any atom is -0.370 e. The van der Waals surface area contributed by atoms with E-state index in [1.54, 1.807) is 0 Å². The van der Waals surface area contributed by atoms with E-state index in [0.717, 1.165) is 49.1 Å². The number of nitrogens with one attached hydrogen (secondary N) is 1. The lowest BCUT2D eigenvalue weighted by atomic mass is 10.1. The highest BCUT2D eigenvalue weighted by Crippen LogP contribution is 2.21. The largest absolute Gasteiger partial charge is 0.370 e. The molecule has 0 spiro atoms. The van der Waals surface area contributed by atoms with E-state index in [1.165, 1.54) is 5.56 Å². The third kappa shape index (κ3) is 4.99. The van der Waals surface area contributed by atoms with Crippen LogP contribution in [-0.4, -0.2) is 53.4 Å². The average Bonchev–Trinajstić information content (AvgIpc) is 3.09. The molecule has 1 unspecified atom stereocenters. The van der Waals surface area contributed by atoms with Crippen LogP contribution in [0.25, 0.3) is 0 Å². The zero-order chi connectivity index (χ0) is 18.4. The molecule has 1 aromatic carbocycles. The van der Waals surface area contributed by atoms with Crippen LogP contribution in [0.2, 0.25) is 5.02 Å². The number of guanidine groups is 1. The first-order valence-corrected chi connectivity index (χ1v) is 9.41. The van der Waals surface area contributed by atoms with Gasteiger partial charge in [-0.1, -0.05) is 23.7 Å². The van der Waals surface area contributed by atoms with Gasteiger partial charge in [-0.2, -0.15) is 5.10 Å². The van der Waals surface area contributed by atoms with Crippen LogP contribution in [0.3, 0.4) is 0 Å². The Morgan fingerprint density at radius 2 is 2.19 bits per heavy atom. The van der Waals surface area contributed by atoms with Crippen molar-refractivity contribution < 1.29 is 4.74 Å². The topological polar surface area (TPSA) is 54.7 Å². The maximum Gasteiger partial charge on any atom is 0.194 e. The Balaban J connectivity index is 1.63. The molecule has 0 radical (unpaired) electrons. The van der Waals surface area contributed by atoms with Gasteiger partial charge in [-0.3, -0.25) is 9.67 Å². The van der Waals surface area contributed by atoms with Gasteiger partial charge in [-0.15, -0.1) is 0 Å². The monoisotopic (exact) mass is 375 g/mol. The van der Waals surface area contributed by atoms with Gasteiger partial charge in [0.15, 0.2) is 5.96 Å². The van der Waals surface area contributed by atoms with Crippen molar-refractivity contribution in [3.8, 4) is 0 Å². The number of hydrogen-bond donors (Lipinski definition) is 1. The molecule has 1 saturated heterocycles. The summed E-state index contributed by atoms with van der Waals surface area (Å²) in [4.78, 5) is 7.08. The zero-order valence-corrected chi connectivity index (χ0v) is 16.1. The van der Waals surface area contributed by atoms with Crippen molar-refractivity contribution in [2.75, 3.05) is 32.8 Å². The first kappa shape index (κ1) is 18.7. The molecule has 0 aliphatic carbocycles. The minimum atomic E-state index is 0.0255. The van der Waals surface area contributed by atoms with Gasteiger partial charge in [0, 0.05) is 43.5 Å². The molecular formula is C19H26ClN5O. The van der Waals surface area contributed by atoms with Gasteiger partial charge in [0.1, 0.15) is 6.10 Å². The maximum atomic E-state index is 5.94. The van der Waals surface area contributed by atoms with Gasteiger partial charge in [0.25, 0.3) is 0 Å². The smallest absolute Gasteiger partial charge is 0.194 e. The number of halogens is 1. The fourth-order valence-corrected chi connectivity index (χ4v) is 3.14. The van der Waals surface area contributed by atoms with Crippen molar-refractivity contribution in [3.05, 3.63) is 52.8 Å². The van der Waals surface area contributed by atoms with Gasteiger partial charge >= 0.3 is 0 Å². The Morgan fingerprint density at radius 1 is 1.38 bits per heavy atom. The van der Waals surface area contributed by atoms with E-state index in [1.807, 2.05) is 36.3 Å². The van der Waals surface area contributed by atoms with E-state index in [9.17, 15) is 0 Å². The quantitative estimate of drug-likeness (QED) is 0.644. The van der Waals surface area contributed by atoms with Crippen LogP contribution in [0, 0.1) is 0 Å². The third-order valence-electron chi connectivity index (χ3n) is 4.37. The van der Waals surface area contributed by atoms with Crippen LogP contribution in [0.1, 0.15) is 24.2 Å². The van der Waals surface area contributed by atoms with Gasteiger partial charge in [0.05, 0.1) is 19.3 Å². The van der Waals surface area contributed by atoms with E-state index in [2.05, 4.69) is 34.4 Å². The lowest BCUT2D eigenvalue weighted by Crippen LogP contribution is -2.48. The van der Waals surface area contributed by atoms with E-state index in [0.29, 0.717) is 6.61 Å². The molecule has 1 aromatic heterocycles. The number of aliphatic imine (C=N–C) groups is 1. The SMILES string of the molecule is CCNC(=NCCc1ccc(Cl)cc1)N1CCOC(c2cnn(C)c2)C1. The lowest BCUT2D eigenvalue weighted by Gasteiger charge is -2.34. The van der Waals surface area contributed by atoms with Crippen molar-refractivity contribution in [2.24, 2.45) is 12.0 Å². The van der Waals surface area contributed by atoms with Crippen molar-refractivity contribution in [2.45, 2.75) is 19.4 Å². The van der Waals surface area contributed by atoms with Crippen LogP contribution in [-0.2, 0) is 18.2 Å². The molecule has 2 aromatic rings. The van der Waals surface area contributed by atoms with Crippen LogP contribution in [0.4, 0.5) is 0 Å². The maximum absolute atomic E-state index is 5.94. The van der Waals surface area contributed by atoms with E-state index in [-0.39, 0.29) is 6.10 Å². The number of benzene rings is 1. The minimum absolute atomic E-state index is 0.0255. The van der Waals surface area contributed by atoms with Gasteiger partial charge in [-0.05, 0) is 31.0 Å². The Kier molecular flexibility index (Phi) is 6.52. The summed E-state index contributed by atoms with van der Waals surface area (Å²) in [5.74, 6) is 0.943. The van der Waals surface area contributed by atoms with Crippen molar-refractivity contribution in [1.82, 2.24) is 20.0 Å². The second kappa shape index (κ2) is 9.05. The summed E-state index contributed by atoms with van der Waals surface area (Å²) in [6, 6.07) is 7.95. The summed E-state index contributed by atoms with van der Waals surface area (Å²) < 4.78 is 7.74. The number of morpholine rings is 1. The van der Waals surface area contributed by atoms with Crippen LogP contribution < -0.4 is 5.32 Å². The fourth-order valence-electron chi connectivity index (χ4n) is 3.02. The first-order chi connectivity index (χ1) is 12.7. The molecule has 1 atom stereocenters. The normalized spacial score (nSPS) is 18.2. The molecular weight excluding hydrogens is 350 g/mol. The summed E-state index contributed by atoms with van der Waals surface area (Å²) in [6.45, 7) is 5.96. The molecule has 0 bridgehead atoms. The van der Waals surface area contributed by atoms with E-state index < -0.39 is 0 Å². The molecule has 0 saturated carbocycles. The molecule has 140 valence electrons. The number of aryl methyl sites for hydroxylation is 1. The number of rotatable bonds is 5. The second-order valence-corrected chi connectivity index (χ2v) is 6.80. The highest BCUT2D eigenvalue weighted by Gasteiger charge is 2.25. The molecule has 26 heavy (non-hydrogen) atoms. The standard InChI is InChI=1S/C19H26ClN5O/c1-3-21-19(22-9-8-15-4-6-17(20)7-5-15)25-10-11-26-18(14-25)16-12-23-24(2)13-16/h4-7,12-13,18H,3,8-11,14H2,1-2H3,(H,21,22). The van der Waals surface area contributed by atoms with Crippen molar-refractivity contribution in [1.29, 1.82) is 0 Å². The third-order valence-corrected chi connectivity index (χ3v) is 4.62. The summed E-state index contributed by atoms with van der Waals surface area (Å²) in [5.41, 5.74) is 2.35. The summed E-state index contributed by atoms with van der Waals surface area (Å²) in [6.07, 6.45) is 4.80. The summed E-state index contributed by atoms with van der Waals surface area (Å²) in [5, 5.41) is 8.42. The molecule has 1 fully saturated rings. The number of ether oxygens (including phenoxy) is 1. The molecule has 1 aliphatic heterocycles. The van der Waals surface area contributed by atoms with Gasteiger partial charge in [-0.25, -0.2) is 0 Å². The van der Waals surface area contributed by atoms with E-state index in [4.69, 9.17) is 21.3 Å². The number of hydrogen-bond acceptors (Lipinski definition) is 3. The van der Waals surface area contributed by atoms with Crippen molar-refractivity contribution >= 4 is 17.6 Å².